The molecule has 1 aromatic rings. The summed E-state index contributed by atoms with van der Waals surface area (Å²) in [5, 5.41) is 0. The van der Waals surface area contributed by atoms with Crippen molar-refractivity contribution in [3.63, 3.8) is 0 Å². The van der Waals surface area contributed by atoms with Crippen LogP contribution in [0.1, 0.15) is 36.4 Å². The van der Waals surface area contributed by atoms with Crippen molar-refractivity contribution in [1.82, 2.24) is 4.90 Å². The molecule has 22 heavy (non-hydrogen) atoms. The summed E-state index contributed by atoms with van der Waals surface area (Å²) in [6, 6.07) is 3.70. The van der Waals surface area contributed by atoms with Gasteiger partial charge in [-0.15, -0.1) is 11.3 Å². The smallest absolute Gasteiger partial charge is 0.172 e. The number of hydrogen-bond donors (Lipinski definition) is 0. The van der Waals surface area contributed by atoms with Crippen LogP contribution >= 0.6 is 11.3 Å². The molecule has 0 radical (unpaired) electrons. The van der Waals surface area contributed by atoms with Crippen molar-refractivity contribution in [2.75, 3.05) is 20.3 Å². The van der Waals surface area contributed by atoms with Crippen LogP contribution in [-0.4, -0.2) is 25.2 Å². The summed E-state index contributed by atoms with van der Waals surface area (Å²) in [7, 11) is 1.99. The first-order valence-corrected chi connectivity index (χ1v) is 8.83. The van der Waals surface area contributed by atoms with Crippen LogP contribution in [0.25, 0.3) is 0 Å². The highest BCUT2D eigenvalue weighted by molar-refractivity contribution is 7.12. The van der Waals surface area contributed by atoms with E-state index < -0.39 is 18.3 Å². The van der Waals surface area contributed by atoms with Gasteiger partial charge in [-0.2, -0.15) is 0 Å². The van der Waals surface area contributed by atoms with Gasteiger partial charge >= 0.3 is 0 Å². The molecule has 1 aliphatic heterocycles. The molecule has 1 fully saturated rings. The van der Waals surface area contributed by atoms with Crippen LogP contribution in [-0.2, 0) is 5.67 Å². The molecule has 0 aromatic carbocycles. The van der Waals surface area contributed by atoms with E-state index in [9.17, 15) is 4.39 Å². The summed E-state index contributed by atoms with van der Waals surface area (Å²) in [4.78, 5) is 3.79. The largest absolute Gasteiger partial charge is 0.375 e. The average Bonchev–Trinajstić information content (AvgIpc) is 2.96. The second kappa shape index (κ2) is 6.95. The van der Waals surface area contributed by atoms with Gasteiger partial charge in [0.05, 0.1) is 12.6 Å². The molecule has 0 N–H and O–H groups in total. The van der Waals surface area contributed by atoms with Gasteiger partial charge in [0, 0.05) is 29.0 Å². The Hall–Kier alpha value is -1.16. The van der Waals surface area contributed by atoms with Crippen LogP contribution in [0.4, 0.5) is 8.78 Å². The first-order chi connectivity index (χ1) is 10.5. The van der Waals surface area contributed by atoms with Crippen LogP contribution < -0.4 is 0 Å². The van der Waals surface area contributed by atoms with Crippen LogP contribution in [0.15, 0.2) is 35.6 Å². The first kappa shape index (κ1) is 17.2. The number of allylic oxidation sites excluding steroid dienone is 3. The van der Waals surface area contributed by atoms with Crippen LogP contribution in [0.5, 0.6) is 0 Å². The highest BCUT2D eigenvalue weighted by atomic mass is 32.1. The Labute approximate surface area is 136 Å². The molecule has 2 atom stereocenters. The normalized spacial score (nSPS) is 27.4. The molecule has 1 aliphatic carbocycles. The zero-order chi connectivity index (χ0) is 16.3. The van der Waals surface area contributed by atoms with Crippen molar-refractivity contribution in [1.29, 1.82) is 0 Å². The third-order valence-electron chi connectivity index (χ3n) is 4.25. The number of halogens is 2. The fourth-order valence-electron chi connectivity index (χ4n) is 3.10. The lowest BCUT2D eigenvalue weighted by molar-refractivity contribution is 0.138. The number of hydrogen-bond acceptors (Lipinski definition) is 2. The van der Waals surface area contributed by atoms with Gasteiger partial charge in [0.15, 0.2) is 5.67 Å². The number of likely N-dealkylation sites (tertiary alicyclic amines) is 1. The Morgan fingerprint density at radius 3 is 2.68 bits per heavy atom. The summed E-state index contributed by atoms with van der Waals surface area (Å²) >= 11 is 1.42. The molecular weight excluding hydrogens is 300 g/mol. The Bertz CT molecular complexity index is 575. The molecule has 2 heterocycles. The van der Waals surface area contributed by atoms with Crippen LogP contribution in [0.3, 0.4) is 0 Å². The molecule has 1 nitrogen and oxygen atoms in total. The van der Waals surface area contributed by atoms with E-state index in [0.717, 1.165) is 35.5 Å². The third-order valence-corrected chi connectivity index (χ3v) is 5.37. The molecule has 1 saturated heterocycles. The molecule has 1 aromatic heterocycles. The number of nitrogens with zero attached hydrogens (tertiary/aromatic N) is 1. The van der Waals surface area contributed by atoms with Crippen molar-refractivity contribution in [3.8, 4) is 0 Å². The van der Waals surface area contributed by atoms with E-state index in [-0.39, 0.29) is 0 Å². The zero-order valence-corrected chi connectivity index (χ0v) is 14.6. The molecule has 2 aliphatic rings. The van der Waals surface area contributed by atoms with Crippen LogP contribution in [0.2, 0.25) is 0 Å². The maximum absolute atomic E-state index is 15.5. The van der Waals surface area contributed by atoms with Gasteiger partial charge in [-0.3, -0.25) is 4.39 Å². The summed E-state index contributed by atoms with van der Waals surface area (Å²) in [6.07, 6.45) is 5.38. The lowest BCUT2D eigenvalue weighted by atomic mass is 9.79. The zero-order valence-electron chi connectivity index (χ0n) is 13.8. The van der Waals surface area contributed by atoms with Crippen molar-refractivity contribution in [3.05, 3.63) is 45.3 Å². The predicted molar refractivity (Wildman–Crippen MR) is 90.7 cm³/mol. The summed E-state index contributed by atoms with van der Waals surface area (Å²) in [5.74, 6) is -0.722. The van der Waals surface area contributed by atoms with E-state index in [0.29, 0.717) is 4.88 Å². The van der Waals surface area contributed by atoms with Gasteiger partial charge in [0.25, 0.3) is 0 Å². The topological polar surface area (TPSA) is 3.24 Å². The molecule has 4 heteroatoms. The van der Waals surface area contributed by atoms with Gasteiger partial charge in [0.2, 0.25) is 0 Å². The average molecular weight is 325 g/mol. The van der Waals surface area contributed by atoms with Gasteiger partial charge in [-0.25, -0.2) is 4.39 Å². The number of piperidine rings is 1. The third kappa shape index (κ3) is 2.98. The van der Waals surface area contributed by atoms with Crippen LogP contribution in [0, 0.1) is 12.8 Å². The minimum absolute atomic E-state index is 0.619. The maximum atomic E-state index is 15.5. The lowest BCUT2D eigenvalue weighted by Gasteiger charge is -2.38. The quantitative estimate of drug-likeness (QED) is 0.705. The summed E-state index contributed by atoms with van der Waals surface area (Å²) in [5.41, 5.74) is 0.350. The Morgan fingerprint density at radius 1 is 1.36 bits per heavy atom. The van der Waals surface area contributed by atoms with Crippen molar-refractivity contribution < 1.29 is 8.78 Å². The standard InChI is InChI=1S/C16H19F2NS.C2H6/c1-11-5-6-15(20-11)16(18)9-12-4-3-7-19(2)14(12)8-13(16)10-17;1-2/h5-6,8-9,13H,3-4,7,10H2,1-2H3;1-2H3. The molecule has 0 spiro atoms. The second-order valence-electron chi connectivity index (χ2n) is 5.69. The van der Waals surface area contributed by atoms with E-state index in [4.69, 9.17) is 0 Å². The number of likely N-dealkylation sites (N-methyl/N-ethyl adjacent to an activating group) is 1. The Kier molecular flexibility index (Phi) is 5.43. The number of aryl methyl sites for hydroxylation is 1. The number of fused-ring (bicyclic) bond motifs is 1. The monoisotopic (exact) mass is 325 g/mol. The fourth-order valence-corrected chi connectivity index (χ4v) is 4.09. The molecule has 0 bridgehead atoms. The Morgan fingerprint density at radius 2 is 2.09 bits per heavy atom. The Balaban J connectivity index is 0.000000847. The van der Waals surface area contributed by atoms with E-state index >= 15 is 4.39 Å². The van der Waals surface area contributed by atoms with Gasteiger partial charge in [-0.05, 0) is 43.5 Å². The minimum Gasteiger partial charge on any atom is -0.375 e. The van der Waals surface area contributed by atoms with Gasteiger partial charge in [-0.1, -0.05) is 19.9 Å². The van der Waals surface area contributed by atoms with Gasteiger partial charge in [0.1, 0.15) is 0 Å². The molecule has 2 unspecified atom stereocenters. The number of alkyl halides is 2. The van der Waals surface area contributed by atoms with E-state index in [1.54, 1.807) is 18.2 Å². The maximum Gasteiger partial charge on any atom is 0.172 e. The van der Waals surface area contributed by atoms with E-state index in [2.05, 4.69) is 4.90 Å². The highest BCUT2D eigenvalue weighted by Gasteiger charge is 2.43. The summed E-state index contributed by atoms with van der Waals surface area (Å²) < 4.78 is 28.9. The highest BCUT2D eigenvalue weighted by Crippen LogP contribution is 2.47. The lowest BCUT2D eigenvalue weighted by Crippen LogP contribution is -2.36. The number of thiophene rings is 1. The first-order valence-electron chi connectivity index (χ1n) is 8.01. The fraction of sp³-hybridized carbons (Fsp3) is 0.556. The molecule has 0 amide bonds. The second-order valence-corrected chi connectivity index (χ2v) is 6.97. The van der Waals surface area contributed by atoms with E-state index in [1.165, 1.54) is 11.3 Å². The van der Waals surface area contributed by atoms with Crippen molar-refractivity contribution >= 4 is 11.3 Å². The van der Waals surface area contributed by atoms with E-state index in [1.807, 2.05) is 33.9 Å². The van der Waals surface area contributed by atoms with Crippen molar-refractivity contribution in [2.24, 2.45) is 5.92 Å². The van der Waals surface area contributed by atoms with Crippen molar-refractivity contribution in [2.45, 2.75) is 39.3 Å². The molecule has 0 saturated carbocycles. The van der Waals surface area contributed by atoms with Gasteiger partial charge < -0.3 is 4.90 Å². The SMILES string of the molecule is CC.Cc1ccc(C2(F)C=C3CCCN(C)C3=CC2CF)s1. The molecular formula is C18H25F2NS. The molecule has 122 valence electrons. The molecule has 3 rings (SSSR count). The number of rotatable bonds is 2. The predicted octanol–water partition coefficient (Wildman–Crippen LogP) is 5.38. The summed E-state index contributed by atoms with van der Waals surface area (Å²) in [6.45, 7) is 6.24. The minimum atomic E-state index is -1.69.